The number of benzene rings is 1. The Kier molecular flexibility index (Phi) is 5.07. The Labute approximate surface area is 101 Å². The Hall–Kier alpha value is -1.97. The second-order valence-electron chi connectivity index (χ2n) is 3.28. The van der Waals surface area contributed by atoms with E-state index in [0.717, 1.165) is 11.3 Å². The van der Waals surface area contributed by atoms with E-state index in [2.05, 4.69) is 4.74 Å². The first-order valence-corrected chi connectivity index (χ1v) is 5.33. The molecule has 0 fully saturated rings. The van der Waals surface area contributed by atoms with Gasteiger partial charge in [0.25, 0.3) is 0 Å². The number of carbonyl (C=O) groups excluding carboxylic acids is 1. The van der Waals surface area contributed by atoms with Crippen molar-refractivity contribution in [1.29, 1.82) is 0 Å². The van der Waals surface area contributed by atoms with Crippen LogP contribution in [0.1, 0.15) is 19.4 Å². The largest absolute Gasteiger partial charge is 0.513 e. The van der Waals surface area contributed by atoms with Gasteiger partial charge in [-0.25, -0.2) is 4.79 Å². The molecule has 1 aromatic rings. The highest BCUT2D eigenvalue weighted by Gasteiger charge is 2.05. The van der Waals surface area contributed by atoms with Crippen LogP contribution in [0.4, 0.5) is 4.79 Å². The van der Waals surface area contributed by atoms with E-state index in [1.54, 1.807) is 27.0 Å². The van der Waals surface area contributed by atoms with Gasteiger partial charge >= 0.3 is 6.16 Å². The maximum Gasteiger partial charge on any atom is 0.513 e. The lowest BCUT2D eigenvalue weighted by molar-refractivity contribution is 0.0826. The molecule has 0 radical (unpaired) electrons. The molecule has 0 saturated heterocycles. The van der Waals surface area contributed by atoms with E-state index in [-0.39, 0.29) is 0 Å². The second kappa shape index (κ2) is 6.58. The van der Waals surface area contributed by atoms with Crippen LogP contribution < -0.4 is 4.74 Å². The van der Waals surface area contributed by atoms with E-state index in [0.29, 0.717) is 12.4 Å². The Morgan fingerprint density at radius 1 is 1.35 bits per heavy atom. The number of hydrogen-bond donors (Lipinski definition) is 0. The third kappa shape index (κ3) is 4.18. The van der Waals surface area contributed by atoms with Crippen LogP contribution in [-0.4, -0.2) is 19.9 Å². The highest BCUT2D eigenvalue weighted by Crippen LogP contribution is 2.20. The van der Waals surface area contributed by atoms with Crippen molar-refractivity contribution in [2.45, 2.75) is 13.8 Å². The fraction of sp³-hybridized carbons (Fsp3) is 0.308. The van der Waals surface area contributed by atoms with Crippen molar-refractivity contribution in [2.24, 2.45) is 0 Å². The molecule has 0 bridgehead atoms. The SMILES string of the molecule is CCOC(=O)O/C(C)=C\c1ccccc1OC. The minimum atomic E-state index is -0.698. The van der Waals surface area contributed by atoms with Gasteiger partial charge in [-0.3, -0.25) is 0 Å². The third-order valence-corrected chi connectivity index (χ3v) is 2.00. The molecular formula is C13H16O4. The van der Waals surface area contributed by atoms with Gasteiger partial charge in [-0.05, 0) is 26.0 Å². The van der Waals surface area contributed by atoms with Crippen molar-refractivity contribution in [2.75, 3.05) is 13.7 Å². The molecule has 0 aliphatic carbocycles. The van der Waals surface area contributed by atoms with Gasteiger partial charge in [0.15, 0.2) is 0 Å². The number of hydrogen-bond acceptors (Lipinski definition) is 4. The Morgan fingerprint density at radius 3 is 2.71 bits per heavy atom. The molecule has 92 valence electrons. The van der Waals surface area contributed by atoms with E-state index >= 15 is 0 Å². The molecule has 0 aliphatic rings. The molecule has 0 aromatic heterocycles. The van der Waals surface area contributed by atoms with Crippen LogP contribution >= 0.6 is 0 Å². The van der Waals surface area contributed by atoms with Gasteiger partial charge in [0, 0.05) is 5.56 Å². The lowest BCUT2D eigenvalue weighted by Gasteiger charge is -2.06. The van der Waals surface area contributed by atoms with E-state index in [1.807, 2.05) is 24.3 Å². The van der Waals surface area contributed by atoms with Crippen molar-refractivity contribution in [1.82, 2.24) is 0 Å². The van der Waals surface area contributed by atoms with Crippen LogP contribution in [0.2, 0.25) is 0 Å². The average Bonchev–Trinajstić information content (AvgIpc) is 2.29. The fourth-order valence-corrected chi connectivity index (χ4v) is 1.31. The summed E-state index contributed by atoms with van der Waals surface area (Å²) >= 11 is 0. The smallest absolute Gasteiger partial charge is 0.496 e. The summed E-state index contributed by atoms with van der Waals surface area (Å²) in [6.45, 7) is 3.70. The molecule has 0 heterocycles. The van der Waals surface area contributed by atoms with E-state index in [1.165, 1.54) is 0 Å². The Morgan fingerprint density at radius 2 is 2.06 bits per heavy atom. The predicted molar refractivity (Wildman–Crippen MR) is 64.8 cm³/mol. The van der Waals surface area contributed by atoms with Crippen molar-refractivity contribution in [3.63, 3.8) is 0 Å². The zero-order valence-corrected chi connectivity index (χ0v) is 10.2. The molecular weight excluding hydrogens is 220 g/mol. The molecule has 0 spiro atoms. The van der Waals surface area contributed by atoms with Gasteiger partial charge in [0.1, 0.15) is 11.5 Å². The number of carbonyl (C=O) groups is 1. The quantitative estimate of drug-likeness (QED) is 0.594. The van der Waals surface area contributed by atoms with Crippen LogP contribution in [0.15, 0.2) is 30.0 Å². The Bertz CT molecular complexity index is 410. The van der Waals surface area contributed by atoms with Gasteiger partial charge in [-0.2, -0.15) is 0 Å². The second-order valence-corrected chi connectivity index (χ2v) is 3.28. The molecule has 0 atom stereocenters. The maximum absolute atomic E-state index is 11.1. The minimum absolute atomic E-state index is 0.292. The van der Waals surface area contributed by atoms with Gasteiger partial charge < -0.3 is 14.2 Å². The van der Waals surface area contributed by atoms with Crippen molar-refractivity contribution in [3.05, 3.63) is 35.6 Å². The molecule has 17 heavy (non-hydrogen) atoms. The van der Waals surface area contributed by atoms with Crippen LogP contribution in [0, 0.1) is 0 Å². The number of methoxy groups -OCH3 is 1. The molecule has 4 heteroatoms. The van der Waals surface area contributed by atoms with Gasteiger partial charge in [0.05, 0.1) is 13.7 Å². The highest BCUT2D eigenvalue weighted by molar-refractivity contribution is 5.65. The van der Waals surface area contributed by atoms with Crippen molar-refractivity contribution < 1.29 is 19.0 Å². The average molecular weight is 236 g/mol. The Balaban J connectivity index is 2.76. The molecule has 1 aromatic carbocycles. The summed E-state index contributed by atoms with van der Waals surface area (Å²) in [5.41, 5.74) is 0.844. The van der Waals surface area contributed by atoms with Crippen LogP contribution in [-0.2, 0) is 9.47 Å². The standard InChI is InChI=1S/C13H16O4/c1-4-16-13(14)17-10(2)9-11-7-5-6-8-12(11)15-3/h5-9H,4H2,1-3H3/b10-9-. The molecule has 0 unspecified atom stereocenters. The summed E-state index contributed by atoms with van der Waals surface area (Å²) in [5, 5.41) is 0. The molecule has 0 amide bonds. The first-order chi connectivity index (χ1) is 8.17. The van der Waals surface area contributed by atoms with Crippen LogP contribution in [0.25, 0.3) is 6.08 Å². The molecule has 0 N–H and O–H groups in total. The van der Waals surface area contributed by atoms with Crippen molar-refractivity contribution >= 4 is 12.2 Å². The number of allylic oxidation sites excluding steroid dienone is 1. The third-order valence-electron chi connectivity index (χ3n) is 2.00. The van der Waals surface area contributed by atoms with E-state index < -0.39 is 6.16 Å². The number of ether oxygens (including phenoxy) is 3. The summed E-state index contributed by atoms with van der Waals surface area (Å²) in [4.78, 5) is 11.1. The molecule has 1 rings (SSSR count). The van der Waals surface area contributed by atoms with Crippen LogP contribution in [0.3, 0.4) is 0 Å². The summed E-state index contributed by atoms with van der Waals surface area (Å²) in [6.07, 6.45) is 1.02. The topological polar surface area (TPSA) is 44.8 Å². The van der Waals surface area contributed by atoms with Crippen LogP contribution in [0.5, 0.6) is 5.75 Å². The molecule has 0 saturated carbocycles. The summed E-state index contributed by atoms with van der Waals surface area (Å²) in [7, 11) is 1.59. The molecule has 4 nitrogen and oxygen atoms in total. The monoisotopic (exact) mass is 236 g/mol. The highest BCUT2D eigenvalue weighted by atomic mass is 16.7. The van der Waals surface area contributed by atoms with Gasteiger partial charge in [-0.15, -0.1) is 0 Å². The van der Waals surface area contributed by atoms with E-state index in [9.17, 15) is 4.79 Å². The lowest BCUT2D eigenvalue weighted by atomic mass is 10.2. The normalized spacial score (nSPS) is 10.9. The molecule has 0 aliphatic heterocycles. The first kappa shape index (κ1) is 13.1. The fourth-order valence-electron chi connectivity index (χ4n) is 1.31. The first-order valence-electron chi connectivity index (χ1n) is 5.33. The maximum atomic E-state index is 11.1. The summed E-state index contributed by atoms with van der Waals surface area (Å²) in [5.74, 6) is 1.17. The summed E-state index contributed by atoms with van der Waals surface area (Å²) in [6, 6.07) is 7.46. The van der Waals surface area contributed by atoms with Gasteiger partial charge in [-0.1, -0.05) is 18.2 Å². The van der Waals surface area contributed by atoms with Gasteiger partial charge in [0.2, 0.25) is 0 Å². The van der Waals surface area contributed by atoms with E-state index in [4.69, 9.17) is 9.47 Å². The summed E-state index contributed by atoms with van der Waals surface area (Å²) < 4.78 is 14.8. The zero-order valence-electron chi connectivity index (χ0n) is 10.2. The minimum Gasteiger partial charge on any atom is -0.496 e. The zero-order chi connectivity index (χ0) is 12.7. The van der Waals surface area contributed by atoms with Crippen molar-refractivity contribution in [3.8, 4) is 5.75 Å². The lowest BCUT2D eigenvalue weighted by Crippen LogP contribution is -2.05. The number of para-hydroxylation sites is 1. The predicted octanol–water partition coefficient (Wildman–Crippen LogP) is 3.23. The number of rotatable bonds is 4.